The average Bonchev–Trinajstić information content (AvgIpc) is 3.38. The molecule has 3 atom stereocenters. The van der Waals surface area contributed by atoms with Gasteiger partial charge in [0.1, 0.15) is 11.4 Å². The molecule has 3 aliphatic rings. The number of aromatic nitrogens is 3. The van der Waals surface area contributed by atoms with Gasteiger partial charge < -0.3 is 15.5 Å². The van der Waals surface area contributed by atoms with Crippen LogP contribution in [0.15, 0.2) is 41.2 Å². The van der Waals surface area contributed by atoms with Crippen LogP contribution in [0.4, 0.5) is 11.8 Å². The van der Waals surface area contributed by atoms with E-state index < -0.39 is 0 Å². The van der Waals surface area contributed by atoms with Gasteiger partial charge in [-0.25, -0.2) is 4.98 Å². The van der Waals surface area contributed by atoms with E-state index in [0.29, 0.717) is 23.0 Å². The lowest BCUT2D eigenvalue weighted by Gasteiger charge is -2.26. The first-order valence-corrected chi connectivity index (χ1v) is 11.0. The number of fused-ring (bicyclic) bond motifs is 2. The number of aromatic amines is 1. The summed E-state index contributed by atoms with van der Waals surface area (Å²) in [6, 6.07) is 12.2. The molecule has 2 aliphatic heterocycles. The number of rotatable bonds is 4. The van der Waals surface area contributed by atoms with Crippen LogP contribution in [0.5, 0.6) is 0 Å². The van der Waals surface area contributed by atoms with Crippen molar-refractivity contribution < 1.29 is 0 Å². The predicted octanol–water partition coefficient (Wildman–Crippen LogP) is 2.61. The normalized spacial score (nSPS) is 25.3. The van der Waals surface area contributed by atoms with Gasteiger partial charge in [0.25, 0.3) is 5.56 Å². The second-order valence-corrected chi connectivity index (χ2v) is 8.85. The maximum Gasteiger partial charge on any atom is 0.263 e. The van der Waals surface area contributed by atoms with Crippen LogP contribution in [0.25, 0.3) is 22.2 Å². The molecule has 3 fully saturated rings. The SMILES string of the molecule is O=c1[nH]c(N2CC3CC3C2)nc(N[C@@H]2CCCNC2)c1-c1ccc2ccccc2n1. The zero-order valence-corrected chi connectivity index (χ0v) is 16.9. The summed E-state index contributed by atoms with van der Waals surface area (Å²) in [7, 11) is 0. The van der Waals surface area contributed by atoms with Crippen molar-refractivity contribution in [3.8, 4) is 11.3 Å². The Bertz CT molecular complexity index is 1140. The summed E-state index contributed by atoms with van der Waals surface area (Å²) in [4.78, 5) is 28.2. The van der Waals surface area contributed by atoms with Crippen LogP contribution in [0.1, 0.15) is 19.3 Å². The third-order valence-corrected chi connectivity index (χ3v) is 6.68. The summed E-state index contributed by atoms with van der Waals surface area (Å²) >= 11 is 0. The Morgan fingerprint density at radius 3 is 2.77 bits per heavy atom. The molecule has 1 aliphatic carbocycles. The highest BCUT2D eigenvalue weighted by Crippen LogP contribution is 2.45. The molecule has 0 spiro atoms. The van der Waals surface area contributed by atoms with Crippen molar-refractivity contribution in [1.82, 2.24) is 20.3 Å². The van der Waals surface area contributed by atoms with Gasteiger partial charge in [-0.15, -0.1) is 0 Å². The van der Waals surface area contributed by atoms with E-state index in [1.165, 1.54) is 6.42 Å². The summed E-state index contributed by atoms with van der Waals surface area (Å²) in [5.41, 5.74) is 1.93. The van der Waals surface area contributed by atoms with E-state index in [9.17, 15) is 4.79 Å². The highest BCUT2D eigenvalue weighted by Gasteiger charge is 2.45. The fourth-order valence-corrected chi connectivity index (χ4v) is 4.90. The Balaban J connectivity index is 1.43. The highest BCUT2D eigenvalue weighted by molar-refractivity contribution is 5.83. The number of H-pyrrole nitrogens is 1. The largest absolute Gasteiger partial charge is 0.365 e. The van der Waals surface area contributed by atoms with Crippen LogP contribution in [0, 0.1) is 11.8 Å². The van der Waals surface area contributed by atoms with Gasteiger partial charge in [0.15, 0.2) is 0 Å². The Morgan fingerprint density at radius 1 is 1.07 bits per heavy atom. The van der Waals surface area contributed by atoms with Crippen LogP contribution in [0.2, 0.25) is 0 Å². The monoisotopic (exact) mass is 402 g/mol. The van der Waals surface area contributed by atoms with E-state index in [2.05, 4.69) is 20.5 Å². The van der Waals surface area contributed by atoms with Gasteiger partial charge in [0, 0.05) is 31.1 Å². The summed E-state index contributed by atoms with van der Waals surface area (Å²) in [6.45, 7) is 3.90. The molecule has 6 rings (SSSR count). The molecule has 7 heteroatoms. The highest BCUT2D eigenvalue weighted by atomic mass is 16.1. The number of anilines is 2. The van der Waals surface area contributed by atoms with Crippen LogP contribution >= 0.6 is 0 Å². The fraction of sp³-hybridized carbons (Fsp3) is 0.435. The molecular weight excluding hydrogens is 376 g/mol. The molecule has 3 aromatic rings. The maximum atomic E-state index is 13.3. The van der Waals surface area contributed by atoms with Crippen molar-refractivity contribution in [3.05, 3.63) is 46.8 Å². The summed E-state index contributed by atoms with van der Waals surface area (Å²) < 4.78 is 0. The molecular formula is C23H26N6O. The van der Waals surface area contributed by atoms with Gasteiger partial charge in [-0.2, -0.15) is 4.98 Å². The van der Waals surface area contributed by atoms with Crippen molar-refractivity contribution in [2.75, 3.05) is 36.4 Å². The molecule has 154 valence electrons. The van der Waals surface area contributed by atoms with Crippen molar-refractivity contribution >= 4 is 22.7 Å². The Morgan fingerprint density at radius 2 is 1.93 bits per heavy atom. The van der Waals surface area contributed by atoms with Gasteiger partial charge in [-0.1, -0.05) is 24.3 Å². The zero-order chi connectivity index (χ0) is 20.1. The molecule has 4 heterocycles. The fourth-order valence-electron chi connectivity index (χ4n) is 4.90. The van der Waals surface area contributed by atoms with E-state index in [-0.39, 0.29) is 11.6 Å². The molecule has 30 heavy (non-hydrogen) atoms. The van der Waals surface area contributed by atoms with Crippen molar-refractivity contribution in [2.45, 2.75) is 25.3 Å². The molecule has 0 amide bonds. The lowest BCUT2D eigenvalue weighted by molar-refractivity contribution is 0.479. The van der Waals surface area contributed by atoms with Crippen molar-refractivity contribution in [3.63, 3.8) is 0 Å². The minimum absolute atomic E-state index is 0.130. The van der Waals surface area contributed by atoms with E-state index in [0.717, 1.165) is 61.8 Å². The van der Waals surface area contributed by atoms with E-state index >= 15 is 0 Å². The van der Waals surface area contributed by atoms with Crippen LogP contribution in [-0.2, 0) is 0 Å². The summed E-state index contributed by atoms with van der Waals surface area (Å²) in [6.07, 6.45) is 3.50. The number of pyridine rings is 1. The number of nitrogens with one attached hydrogen (secondary N) is 3. The second kappa shape index (κ2) is 7.09. The van der Waals surface area contributed by atoms with Crippen molar-refractivity contribution in [1.29, 1.82) is 0 Å². The third-order valence-electron chi connectivity index (χ3n) is 6.68. The first-order chi connectivity index (χ1) is 14.7. The quantitative estimate of drug-likeness (QED) is 0.622. The number of piperidine rings is 2. The van der Waals surface area contributed by atoms with Crippen LogP contribution in [-0.4, -0.2) is 47.2 Å². The molecule has 2 unspecified atom stereocenters. The summed E-state index contributed by atoms with van der Waals surface area (Å²) in [5, 5.41) is 8.05. The average molecular weight is 403 g/mol. The maximum absolute atomic E-state index is 13.3. The molecule has 2 aromatic heterocycles. The standard InChI is InChI=1S/C23H26N6O/c30-22-20(19-8-7-14-4-1-2-6-18(14)26-19)21(25-17-5-3-9-24-11-17)27-23(28-22)29-12-15-10-16(15)13-29/h1-2,4,6-8,15-17,24H,3,5,9-13H2,(H2,25,27,28,30)/t15?,16?,17-/m1/s1. The molecule has 1 aromatic carbocycles. The Kier molecular flexibility index (Phi) is 4.23. The van der Waals surface area contributed by atoms with Gasteiger partial charge in [0.2, 0.25) is 5.95 Å². The van der Waals surface area contributed by atoms with Gasteiger partial charge in [0.05, 0.1) is 11.2 Å². The Hall–Kier alpha value is -2.93. The molecule has 0 radical (unpaired) electrons. The van der Waals surface area contributed by atoms with E-state index in [1.54, 1.807) is 0 Å². The second-order valence-electron chi connectivity index (χ2n) is 8.85. The zero-order valence-electron chi connectivity index (χ0n) is 16.9. The first kappa shape index (κ1) is 17.9. The van der Waals surface area contributed by atoms with Gasteiger partial charge in [-0.3, -0.25) is 9.78 Å². The number of hydrogen-bond acceptors (Lipinski definition) is 6. The van der Waals surface area contributed by atoms with Gasteiger partial charge >= 0.3 is 0 Å². The lowest BCUT2D eigenvalue weighted by Crippen LogP contribution is -2.39. The minimum Gasteiger partial charge on any atom is -0.365 e. The topological polar surface area (TPSA) is 85.9 Å². The first-order valence-electron chi connectivity index (χ1n) is 11.0. The molecule has 3 N–H and O–H groups in total. The molecule has 2 saturated heterocycles. The Labute approximate surface area is 174 Å². The van der Waals surface area contributed by atoms with Crippen LogP contribution in [0.3, 0.4) is 0 Å². The lowest BCUT2D eigenvalue weighted by atomic mass is 10.1. The minimum atomic E-state index is -0.130. The number of benzene rings is 1. The van der Waals surface area contributed by atoms with E-state index in [4.69, 9.17) is 9.97 Å². The van der Waals surface area contributed by atoms with Gasteiger partial charge in [-0.05, 0) is 49.8 Å². The molecule has 7 nitrogen and oxygen atoms in total. The number of para-hydroxylation sites is 1. The third kappa shape index (κ3) is 3.23. The molecule has 0 bridgehead atoms. The van der Waals surface area contributed by atoms with Crippen LogP contribution < -0.4 is 21.1 Å². The summed E-state index contributed by atoms with van der Waals surface area (Å²) in [5.74, 6) is 2.88. The predicted molar refractivity (Wildman–Crippen MR) is 119 cm³/mol. The molecule has 1 saturated carbocycles. The van der Waals surface area contributed by atoms with E-state index in [1.807, 2.05) is 36.4 Å². The number of nitrogens with zero attached hydrogens (tertiary/aromatic N) is 3. The number of hydrogen-bond donors (Lipinski definition) is 3. The smallest absolute Gasteiger partial charge is 0.263 e. The van der Waals surface area contributed by atoms with Crippen molar-refractivity contribution in [2.24, 2.45) is 11.8 Å².